The van der Waals surface area contributed by atoms with Crippen LogP contribution in [0, 0.1) is 5.92 Å². The van der Waals surface area contributed by atoms with E-state index in [2.05, 4.69) is 28.3 Å². The van der Waals surface area contributed by atoms with Gasteiger partial charge in [0.2, 0.25) is 5.91 Å². The zero-order chi connectivity index (χ0) is 16.1. The Labute approximate surface area is 136 Å². The highest BCUT2D eigenvalue weighted by molar-refractivity contribution is 7.77. The molecule has 0 radical (unpaired) electrons. The number of benzene rings is 1. The third-order valence-corrected chi connectivity index (χ3v) is 4.21. The molecule has 1 saturated carbocycles. The summed E-state index contributed by atoms with van der Waals surface area (Å²) in [6.07, 6.45) is 1.83. The van der Waals surface area contributed by atoms with Crippen molar-refractivity contribution < 1.29 is 9.53 Å². The molecule has 1 aliphatic heterocycles. The highest BCUT2D eigenvalue weighted by atomic mass is 32.1. The van der Waals surface area contributed by atoms with Gasteiger partial charge in [-0.3, -0.25) is 4.79 Å². The summed E-state index contributed by atoms with van der Waals surface area (Å²) in [6.45, 7) is 1.58. The maximum atomic E-state index is 12.0. The van der Waals surface area contributed by atoms with Crippen molar-refractivity contribution in [3.05, 3.63) is 24.3 Å². The predicted octanol–water partition coefficient (Wildman–Crippen LogP) is 1.35. The third-order valence-electron chi connectivity index (χ3n) is 4.21. The van der Waals surface area contributed by atoms with Crippen molar-refractivity contribution in [2.75, 3.05) is 25.1 Å². The van der Waals surface area contributed by atoms with Crippen molar-refractivity contribution in [3.63, 3.8) is 0 Å². The molecular formula is C16H23N3O2S. The molecule has 3 rings (SSSR count). The number of hydrogen-bond acceptors (Lipinski definition) is 5. The Balaban J connectivity index is 0.000000847. The van der Waals surface area contributed by atoms with E-state index < -0.39 is 0 Å². The Bertz CT molecular complexity index is 497. The molecule has 120 valence electrons. The molecule has 2 fully saturated rings. The van der Waals surface area contributed by atoms with Gasteiger partial charge in [-0.25, -0.2) is 0 Å². The van der Waals surface area contributed by atoms with Crippen LogP contribution < -0.4 is 20.7 Å². The highest BCUT2D eigenvalue weighted by Gasteiger charge is 2.35. The fraction of sp³-hybridized carbons (Fsp3) is 0.500. The number of amides is 1. The molecule has 0 atom stereocenters. The first-order valence-corrected chi connectivity index (χ1v) is 7.97. The lowest BCUT2D eigenvalue weighted by atomic mass is 9.86. The Morgan fingerprint density at radius 3 is 2.41 bits per heavy atom. The number of rotatable bonds is 4. The lowest BCUT2D eigenvalue weighted by Crippen LogP contribution is -2.58. The first-order valence-electron chi connectivity index (χ1n) is 7.39. The van der Waals surface area contributed by atoms with Gasteiger partial charge in [-0.2, -0.15) is 0 Å². The van der Waals surface area contributed by atoms with Crippen LogP contribution in [-0.2, 0) is 4.79 Å². The van der Waals surface area contributed by atoms with E-state index in [0.29, 0.717) is 6.04 Å². The van der Waals surface area contributed by atoms with Gasteiger partial charge in [0.1, 0.15) is 5.75 Å². The highest BCUT2D eigenvalue weighted by Crippen LogP contribution is 2.27. The molecule has 5 nitrogen and oxygen atoms in total. The molecule has 1 aliphatic carbocycles. The number of thiocarbonyl (C=S) groups is 1. The first kappa shape index (κ1) is 16.7. The SMILES string of the molecule is C=S.COc1ccc(N2CC(C(=O)NC3CC(N)C3)C2)cc1. The molecule has 1 aromatic rings. The second-order valence-electron chi connectivity index (χ2n) is 5.74. The molecule has 2 aliphatic rings. The molecule has 3 N–H and O–H groups in total. The summed E-state index contributed by atoms with van der Waals surface area (Å²) in [4.78, 5) is 14.2. The zero-order valence-corrected chi connectivity index (χ0v) is 13.6. The zero-order valence-electron chi connectivity index (χ0n) is 12.8. The van der Waals surface area contributed by atoms with Crippen molar-refractivity contribution in [1.82, 2.24) is 5.32 Å². The maximum absolute atomic E-state index is 12.0. The summed E-state index contributed by atoms with van der Waals surface area (Å²) >= 11 is 3.83. The van der Waals surface area contributed by atoms with E-state index >= 15 is 0 Å². The van der Waals surface area contributed by atoms with Crippen molar-refractivity contribution in [1.29, 1.82) is 0 Å². The van der Waals surface area contributed by atoms with Gasteiger partial charge >= 0.3 is 0 Å². The quantitative estimate of drug-likeness (QED) is 0.820. The molecule has 0 bridgehead atoms. The van der Waals surface area contributed by atoms with Crippen LogP contribution in [-0.4, -0.2) is 44.1 Å². The van der Waals surface area contributed by atoms with Crippen LogP contribution in [0.5, 0.6) is 5.75 Å². The standard InChI is InChI=1S/C15H21N3O2.CH2S/c1-20-14-4-2-13(3-5-14)18-8-10(9-18)15(19)17-12-6-11(16)7-12;1-2/h2-5,10-12H,6-9,16H2,1H3,(H,17,19);1H2. The van der Waals surface area contributed by atoms with E-state index in [1.165, 1.54) is 0 Å². The summed E-state index contributed by atoms with van der Waals surface area (Å²) in [5.74, 6) is 3.96. The molecule has 1 saturated heterocycles. The Kier molecular flexibility index (Phi) is 5.74. The van der Waals surface area contributed by atoms with Crippen LogP contribution in [0.3, 0.4) is 0 Å². The van der Waals surface area contributed by atoms with Gasteiger partial charge in [0, 0.05) is 30.9 Å². The van der Waals surface area contributed by atoms with Gasteiger partial charge in [-0.1, -0.05) is 12.2 Å². The van der Waals surface area contributed by atoms with Gasteiger partial charge in [-0.05, 0) is 43.0 Å². The summed E-state index contributed by atoms with van der Waals surface area (Å²) in [5.41, 5.74) is 6.86. The lowest BCUT2D eigenvalue weighted by molar-refractivity contribution is -0.127. The Morgan fingerprint density at radius 1 is 1.32 bits per heavy atom. The van der Waals surface area contributed by atoms with Crippen molar-refractivity contribution in [3.8, 4) is 5.75 Å². The van der Waals surface area contributed by atoms with Gasteiger partial charge in [0.25, 0.3) is 0 Å². The fourth-order valence-electron chi connectivity index (χ4n) is 2.75. The fourth-order valence-corrected chi connectivity index (χ4v) is 2.75. The number of anilines is 1. The number of nitrogens with zero attached hydrogens (tertiary/aromatic N) is 1. The summed E-state index contributed by atoms with van der Waals surface area (Å²) in [6, 6.07) is 8.51. The minimum Gasteiger partial charge on any atom is -0.497 e. The van der Waals surface area contributed by atoms with E-state index in [1.54, 1.807) is 7.11 Å². The number of hydrogen-bond donors (Lipinski definition) is 2. The molecule has 22 heavy (non-hydrogen) atoms. The summed E-state index contributed by atoms with van der Waals surface area (Å²) in [5, 5.41) is 3.07. The van der Waals surface area contributed by atoms with Crippen molar-refractivity contribution in [2.24, 2.45) is 11.7 Å². The van der Waals surface area contributed by atoms with Crippen LogP contribution in [0.25, 0.3) is 0 Å². The van der Waals surface area contributed by atoms with Gasteiger partial charge < -0.3 is 20.7 Å². The lowest BCUT2D eigenvalue weighted by Gasteiger charge is -2.42. The van der Waals surface area contributed by atoms with Crippen LogP contribution >= 0.6 is 12.2 Å². The van der Waals surface area contributed by atoms with Crippen LogP contribution in [0.15, 0.2) is 24.3 Å². The molecule has 1 amide bonds. The number of nitrogens with two attached hydrogens (primary N) is 1. The van der Waals surface area contributed by atoms with Gasteiger partial charge in [-0.15, -0.1) is 0 Å². The monoisotopic (exact) mass is 321 g/mol. The molecule has 1 heterocycles. The number of carbonyl (C=O) groups excluding carboxylic acids is 1. The Hall–Kier alpha value is -1.66. The average Bonchev–Trinajstić information content (AvgIpc) is 2.47. The van der Waals surface area contributed by atoms with Crippen molar-refractivity contribution >= 4 is 29.7 Å². The second kappa shape index (κ2) is 7.56. The normalized spacial score (nSPS) is 23.5. The van der Waals surface area contributed by atoms with Crippen LogP contribution in [0.4, 0.5) is 5.69 Å². The topological polar surface area (TPSA) is 67.6 Å². The molecule has 6 heteroatoms. The van der Waals surface area contributed by atoms with Crippen LogP contribution in [0.1, 0.15) is 12.8 Å². The van der Waals surface area contributed by atoms with E-state index in [-0.39, 0.29) is 17.9 Å². The summed E-state index contributed by atoms with van der Waals surface area (Å²) in [7, 11) is 1.66. The molecule has 0 aromatic heterocycles. The Morgan fingerprint density at radius 2 is 1.91 bits per heavy atom. The molecule has 1 aromatic carbocycles. The first-order chi connectivity index (χ1) is 10.7. The second-order valence-corrected chi connectivity index (χ2v) is 5.74. The molecule has 0 spiro atoms. The van der Waals surface area contributed by atoms with Crippen molar-refractivity contribution in [2.45, 2.75) is 24.9 Å². The predicted molar refractivity (Wildman–Crippen MR) is 92.5 cm³/mol. The molecule has 0 unspecified atom stereocenters. The van der Waals surface area contributed by atoms with E-state index in [1.807, 2.05) is 24.3 Å². The number of methoxy groups -OCH3 is 1. The minimum atomic E-state index is 0.105. The minimum absolute atomic E-state index is 0.105. The van der Waals surface area contributed by atoms with E-state index in [9.17, 15) is 4.79 Å². The number of ether oxygens (including phenoxy) is 1. The third kappa shape index (κ3) is 3.75. The average molecular weight is 321 g/mol. The largest absolute Gasteiger partial charge is 0.497 e. The smallest absolute Gasteiger partial charge is 0.226 e. The van der Waals surface area contributed by atoms with Gasteiger partial charge in [0.05, 0.1) is 13.0 Å². The number of nitrogens with one attached hydrogen (secondary N) is 1. The number of carbonyl (C=O) groups is 1. The summed E-state index contributed by atoms with van der Waals surface area (Å²) < 4.78 is 5.14. The maximum Gasteiger partial charge on any atom is 0.226 e. The van der Waals surface area contributed by atoms with Crippen LogP contribution in [0.2, 0.25) is 0 Å². The van der Waals surface area contributed by atoms with E-state index in [4.69, 9.17) is 10.5 Å². The van der Waals surface area contributed by atoms with Gasteiger partial charge in [0.15, 0.2) is 0 Å². The van der Waals surface area contributed by atoms with E-state index in [0.717, 1.165) is 37.4 Å². The molecular weight excluding hydrogens is 298 g/mol.